The predicted molar refractivity (Wildman–Crippen MR) is 70.0 cm³/mol. The number of H-pyrrole nitrogens is 1. The Hall–Kier alpha value is -2.30. The number of carboxylic acids is 1. The van der Waals surface area contributed by atoms with Crippen molar-refractivity contribution >= 4 is 22.8 Å². The fourth-order valence-corrected chi connectivity index (χ4v) is 2.61. The van der Waals surface area contributed by atoms with E-state index < -0.39 is 12.0 Å². The maximum absolute atomic E-state index is 12.4. The average molecular weight is 258 g/mol. The van der Waals surface area contributed by atoms with Crippen LogP contribution in [0.4, 0.5) is 0 Å². The average Bonchev–Trinajstić information content (AvgIpc) is 3.05. The molecule has 0 aliphatic carbocycles. The molecule has 2 N–H and O–H groups in total. The first-order chi connectivity index (χ1) is 9.16. The second kappa shape index (κ2) is 4.42. The highest BCUT2D eigenvalue weighted by Gasteiger charge is 2.34. The molecule has 2 aromatic rings. The zero-order chi connectivity index (χ0) is 13.4. The minimum atomic E-state index is -0.924. The van der Waals surface area contributed by atoms with Gasteiger partial charge in [-0.3, -0.25) is 4.79 Å². The van der Waals surface area contributed by atoms with Gasteiger partial charge < -0.3 is 15.0 Å². The molecule has 5 nitrogen and oxygen atoms in total. The number of nitrogens with one attached hydrogen (secondary N) is 1. The van der Waals surface area contributed by atoms with Crippen molar-refractivity contribution < 1.29 is 14.7 Å². The van der Waals surface area contributed by atoms with Gasteiger partial charge in [-0.2, -0.15) is 0 Å². The summed E-state index contributed by atoms with van der Waals surface area (Å²) in [5.74, 6) is -1.13. The number of aromatic amines is 1. The quantitative estimate of drug-likeness (QED) is 0.863. The van der Waals surface area contributed by atoms with Crippen LogP contribution in [0.2, 0.25) is 0 Å². The molecule has 0 spiro atoms. The maximum Gasteiger partial charge on any atom is 0.326 e. The summed E-state index contributed by atoms with van der Waals surface area (Å²) in [7, 11) is 0. The van der Waals surface area contributed by atoms with E-state index in [1.807, 2.05) is 18.3 Å². The van der Waals surface area contributed by atoms with Crippen LogP contribution in [0.1, 0.15) is 23.2 Å². The summed E-state index contributed by atoms with van der Waals surface area (Å²) in [6.45, 7) is 0.512. The van der Waals surface area contributed by atoms with Crippen molar-refractivity contribution in [3.05, 3.63) is 36.0 Å². The third kappa shape index (κ3) is 1.97. The second-order valence-electron chi connectivity index (χ2n) is 4.77. The Morgan fingerprint density at radius 3 is 2.95 bits per heavy atom. The van der Waals surface area contributed by atoms with Gasteiger partial charge in [0, 0.05) is 23.8 Å². The number of nitrogens with zero attached hydrogens (tertiary/aromatic N) is 1. The predicted octanol–water partition coefficient (Wildman–Crippen LogP) is 1.86. The Kier molecular flexibility index (Phi) is 2.74. The van der Waals surface area contributed by atoms with Gasteiger partial charge in [0.1, 0.15) is 6.04 Å². The normalized spacial score (nSPS) is 18.9. The standard InChI is InChI=1S/C14H14N2O3/c17-13(16-7-1-2-12(16)14(18)19)10-4-3-9-5-6-15-11(9)8-10/h3-6,8,12,15H,1-2,7H2,(H,18,19)/t12-/m0/s1. The Bertz CT molecular complexity index is 647. The fourth-order valence-electron chi connectivity index (χ4n) is 2.61. The van der Waals surface area contributed by atoms with Gasteiger partial charge in [0.25, 0.3) is 5.91 Å². The van der Waals surface area contributed by atoms with Gasteiger partial charge in [-0.05, 0) is 36.4 Å². The minimum absolute atomic E-state index is 0.207. The molecule has 1 aliphatic rings. The molecular formula is C14H14N2O3. The number of hydrogen-bond acceptors (Lipinski definition) is 2. The molecule has 1 saturated heterocycles. The lowest BCUT2D eigenvalue weighted by atomic mass is 10.1. The van der Waals surface area contributed by atoms with Crippen LogP contribution in [0, 0.1) is 0 Å². The molecule has 0 radical (unpaired) electrons. The summed E-state index contributed by atoms with van der Waals surface area (Å²) in [6.07, 6.45) is 3.09. The zero-order valence-corrected chi connectivity index (χ0v) is 10.3. The lowest BCUT2D eigenvalue weighted by Crippen LogP contribution is -2.40. The molecule has 1 aromatic heterocycles. The zero-order valence-electron chi connectivity index (χ0n) is 10.3. The third-order valence-electron chi connectivity index (χ3n) is 3.60. The molecule has 19 heavy (non-hydrogen) atoms. The van der Waals surface area contributed by atoms with Gasteiger partial charge in [0.2, 0.25) is 0 Å². The number of amides is 1. The third-order valence-corrected chi connectivity index (χ3v) is 3.60. The molecule has 1 fully saturated rings. The molecule has 1 aromatic carbocycles. The van der Waals surface area contributed by atoms with Crippen LogP contribution in [0.15, 0.2) is 30.5 Å². The van der Waals surface area contributed by atoms with Gasteiger partial charge in [-0.25, -0.2) is 4.79 Å². The summed E-state index contributed by atoms with van der Waals surface area (Å²) >= 11 is 0. The number of hydrogen-bond donors (Lipinski definition) is 2. The van der Waals surface area contributed by atoms with E-state index in [0.717, 1.165) is 17.3 Å². The van der Waals surface area contributed by atoms with E-state index in [1.54, 1.807) is 12.1 Å². The van der Waals surface area contributed by atoms with E-state index >= 15 is 0 Å². The largest absolute Gasteiger partial charge is 0.480 e. The van der Waals surface area contributed by atoms with Crippen molar-refractivity contribution in [2.24, 2.45) is 0 Å². The summed E-state index contributed by atoms with van der Waals surface area (Å²) in [5.41, 5.74) is 1.42. The second-order valence-corrected chi connectivity index (χ2v) is 4.77. The summed E-state index contributed by atoms with van der Waals surface area (Å²) in [4.78, 5) is 28.0. The van der Waals surface area contributed by atoms with Crippen LogP contribution in [-0.4, -0.2) is 39.5 Å². The number of carbonyl (C=O) groups is 2. The number of aliphatic carboxylic acids is 1. The Morgan fingerprint density at radius 1 is 1.32 bits per heavy atom. The smallest absolute Gasteiger partial charge is 0.326 e. The molecule has 0 saturated carbocycles. The van der Waals surface area contributed by atoms with Gasteiger partial charge >= 0.3 is 5.97 Å². The van der Waals surface area contributed by atoms with Gasteiger partial charge in [0.05, 0.1) is 0 Å². The molecular weight excluding hydrogens is 244 g/mol. The van der Waals surface area contributed by atoms with E-state index in [4.69, 9.17) is 5.11 Å². The lowest BCUT2D eigenvalue weighted by Gasteiger charge is -2.21. The summed E-state index contributed by atoms with van der Waals surface area (Å²) in [6, 6.07) is 6.63. The molecule has 3 rings (SSSR count). The number of carbonyl (C=O) groups excluding carboxylic acids is 1. The van der Waals surface area contributed by atoms with E-state index in [1.165, 1.54) is 4.90 Å². The lowest BCUT2D eigenvalue weighted by molar-refractivity contribution is -0.141. The van der Waals surface area contributed by atoms with E-state index in [-0.39, 0.29) is 5.91 Å². The number of benzene rings is 1. The van der Waals surface area contributed by atoms with Gasteiger partial charge in [-0.15, -0.1) is 0 Å². The molecule has 0 unspecified atom stereocenters. The first-order valence-corrected chi connectivity index (χ1v) is 6.28. The monoisotopic (exact) mass is 258 g/mol. The molecule has 1 aliphatic heterocycles. The minimum Gasteiger partial charge on any atom is -0.480 e. The summed E-state index contributed by atoms with van der Waals surface area (Å²) in [5, 5.41) is 10.2. The van der Waals surface area contributed by atoms with Gasteiger partial charge in [0.15, 0.2) is 0 Å². The first-order valence-electron chi connectivity index (χ1n) is 6.28. The first kappa shape index (κ1) is 11.8. The SMILES string of the molecule is O=C(O)[C@@H]1CCCN1C(=O)c1ccc2cc[nH]c2c1. The molecule has 2 heterocycles. The van der Waals surface area contributed by atoms with Crippen molar-refractivity contribution in [3.8, 4) is 0 Å². The van der Waals surface area contributed by atoms with Crippen molar-refractivity contribution in [1.82, 2.24) is 9.88 Å². The van der Waals surface area contributed by atoms with Crippen LogP contribution >= 0.6 is 0 Å². The number of fused-ring (bicyclic) bond motifs is 1. The van der Waals surface area contributed by atoms with E-state index in [2.05, 4.69) is 4.98 Å². The highest BCUT2D eigenvalue weighted by molar-refractivity contribution is 5.99. The van der Waals surface area contributed by atoms with E-state index in [0.29, 0.717) is 18.5 Å². The Morgan fingerprint density at radius 2 is 2.16 bits per heavy atom. The van der Waals surface area contributed by atoms with Gasteiger partial charge in [-0.1, -0.05) is 6.07 Å². The fraction of sp³-hybridized carbons (Fsp3) is 0.286. The number of rotatable bonds is 2. The number of aromatic nitrogens is 1. The Labute approximate surface area is 109 Å². The van der Waals surface area contributed by atoms with Crippen LogP contribution < -0.4 is 0 Å². The van der Waals surface area contributed by atoms with Crippen LogP contribution in [0.5, 0.6) is 0 Å². The van der Waals surface area contributed by atoms with Crippen molar-refractivity contribution in [2.75, 3.05) is 6.54 Å². The van der Waals surface area contributed by atoms with Crippen LogP contribution in [-0.2, 0) is 4.79 Å². The Balaban J connectivity index is 1.92. The molecule has 98 valence electrons. The van der Waals surface area contributed by atoms with Crippen molar-refractivity contribution in [2.45, 2.75) is 18.9 Å². The van der Waals surface area contributed by atoms with Crippen molar-refractivity contribution in [1.29, 1.82) is 0 Å². The van der Waals surface area contributed by atoms with Crippen LogP contribution in [0.3, 0.4) is 0 Å². The van der Waals surface area contributed by atoms with Crippen molar-refractivity contribution in [3.63, 3.8) is 0 Å². The number of likely N-dealkylation sites (tertiary alicyclic amines) is 1. The summed E-state index contributed by atoms with van der Waals surface area (Å²) < 4.78 is 0. The highest BCUT2D eigenvalue weighted by Crippen LogP contribution is 2.22. The highest BCUT2D eigenvalue weighted by atomic mass is 16.4. The maximum atomic E-state index is 12.4. The van der Waals surface area contributed by atoms with E-state index in [9.17, 15) is 9.59 Å². The molecule has 1 atom stereocenters. The molecule has 5 heteroatoms. The topological polar surface area (TPSA) is 73.4 Å². The number of carboxylic acid groups (broad SMARTS) is 1. The molecule has 0 bridgehead atoms. The van der Waals surface area contributed by atoms with Crippen LogP contribution in [0.25, 0.3) is 10.9 Å². The molecule has 1 amide bonds.